The number of hydrogen-bond donors (Lipinski definition) is 0. The molecule has 1 aliphatic heterocycles. The van der Waals surface area contributed by atoms with Crippen LogP contribution >= 0.6 is 0 Å². The highest BCUT2D eigenvalue weighted by Gasteiger charge is 2.21. The number of aliphatic imine (C=N–C) groups is 1. The minimum absolute atomic E-state index is 0.0487. The molecule has 0 N–H and O–H groups in total. The standard InChI is InChI=1S/C16H15NO/c1-11-7-6-10-14-12(2)18-16(17-15(11)14)13-8-4-3-5-9-13/h3-10,12H,1-2H3. The van der Waals surface area contributed by atoms with Gasteiger partial charge in [-0.3, -0.25) is 0 Å². The Balaban J connectivity index is 2.13. The average Bonchev–Trinajstić information content (AvgIpc) is 2.41. The Bertz CT molecular complexity index is 602. The van der Waals surface area contributed by atoms with Gasteiger partial charge in [-0.05, 0) is 31.5 Å². The van der Waals surface area contributed by atoms with Crippen molar-refractivity contribution in [1.82, 2.24) is 0 Å². The molecule has 2 heteroatoms. The van der Waals surface area contributed by atoms with Crippen LogP contribution < -0.4 is 0 Å². The van der Waals surface area contributed by atoms with E-state index in [1.807, 2.05) is 30.3 Å². The minimum atomic E-state index is 0.0487. The molecule has 1 unspecified atom stereocenters. The summed E-state index contributed by atoms with van der Waals surface area (Å²) in [6.45, 7) is 4.15. The summed E-state index contributed by atoms with van der Waals surface area (Å²) in [4.78, 5) is 4.66. The maximum absolute atomic E-state index is 5.90. The van der Waals surface area contributed by atoms with Crippen molar-refractivity contribution in [2.45, 2.75) is 20.0 Å². The molecule has 90 valence electrons. The number of hydrogen-bond acceptors (Lipinski definition) is 2. The maximum Gasteiger partial charge on any atom is 0.221 e. The fourth-order valence-corrected chi connectivity index (χ4v) is 2.23. The van der Waals surface area contributed by atoms with E-state index in [1.54, 1.807) is 0 Å². The van der Waals surface area contributed by atoms with E-state index >= 15 is 0 Å². The molecule has 1 aliphatic rings. The summed E-state index contributed by atoms with van der Waals surface area (Å²) in [6, 6.07) is 16.3. The van der Waals surface area contributed by atoms with E-state index in [2.05, 4.69) is 37.0 Å². The second-order valence-electron chi connectivity index (χ2n) is 4.56. The van der Waals surface area contributed by atoms with Crippen molar-refractivity contribution < 1.29 is 4.74 Å². The van der Waals surface area contributed by atoms with Gasteiger partial charge in [0.05, 0.1) is 5.69 Å². The van der Waals surface area contributed by atoms with Gasteiger partial charge in [-0.25, -0.2) is 4.99 Å². The lowest BCUT2D eigenvalue weighted by molar-refractivity contribution is 0.209. The van der Waals surface area contributed by atoms with Crippen LogP contribution in [0.15, 0.2) is 53.5 Å². The van der Waals surface area contributed by atoms with E-state index < -0.39 is 0 Å². The van der Waals surface area contributed by atoms with Crippen molar-refractivity contribution in [2.75, 3.05) is 0 Å². The van der Waals surface area contributed by atoms with Crippen LogP contribution in [0.5, 0.6) is 0 Å². The van der Waals surface area contributed by atoms with Gasteiger partial charge >= 0.3 is 0 Å². The van der Waals surface area contributed by atoms with Crippen LogP contribution in [0.4, 0.5) is 5.69 Å². The van der Waals surface area contributed by atoms with Crippen LogP contribution in [0.2, 0.25) is 0 Å². The highest BCUT2D eigenvalue weighted by molar-refractivity contribution is 5.97. The van der Waals surface area contributed by atoms with Crippen molar-refractivity contribution in [2.24, 2.45) is 4.99 Å². The van der Waals surface area contributed by atoms with E-state index in [-0.39, 0.29) is 6.10 Å². The normalized spacial score (nSPS) is 17.7. The van der Waals surface area contributed by atoms with Gasteiger partial charge in [-0.2, -0.15) is 0 Å². The molecule has 3 rings (SSSR count). The monoisotopic (exact) mass is 237 g/mol. The number of benzene rings is 2. The molecule has 0 bridgehead atoms. The van der Waals surface area contributed by atoms with Crippen LogP contribution in [0.3, 0.4) is 0 Å². The van der Waals surface area contributed by atoms with E-state index in [0.29, 0.717) is 5.90 Å². The molecule has 2 aromatic rings. The number of rotatable bonds is 1. The topological polar surface area (TPSA) is 21.6 Å². The molecule has 0 saturated carbocycles. The first kappa shape index (κ1) is 11.0. The maximum atomic E-state index is 5.90. The Kier molecular flexibility index (Phi) is 2.63. The quantitative estimate of drug-likeness (QED) is 0.729. The minimum Gasteiger partial charge on any atom is -0.469 e. The summed E-state index contributed by atoms with van der Waals surface area (Å²) < 4.78 is 5.90. The van der Waals surface area contributed by atoms with E-state index in [0.717, 1.165) is 16.8 Å². The van der Waals surface area contributed by atoms with Gasteiger partial charge in [-0.1, -0.05) is 36.4 Å². The van der Waals surface area contributed by atoms with Crippen molar-refractivity contribution in [1.29, 1.82) is 0 Å². The van der Waals surface area contributed by atoms with E-state index in [1.165, 1.54) is 5.56 Å². The van der Waals surface area contributed by atoms with Gasteiger partial charge < -0.3 is 4.74 Å². The molecule has 18 heavy (non-hydrogen) atoms. The number of nitrogens with zero attached hydrogens (tertiary/aromatic N) is 1. The zero-order valence-electron chi connectivity index (χ0n) is 10.6. The van der Waals surface area contributed by atoms with Crippen LogP contribution in [0.1, 0.15) is 29.7 Å². The van der Waals surface area contributed by atoms with E-state index in [4.69, 9.17) is 4.74 Å². The predicted molar refractivity (Wildman–Crippen MR) is 73.3 cm³/mol. The highest BCUT2D eigenvalue weighted by atomic mass is 16.5. The Hall–Kier alpha value is -2.09. The molecule has 0 aromatic heterocycles. The third kappa shape index (κ3) is 1.80. The largest absolute Gasteiger partial charge is 0.469 e. The first-order valence-corrected chi connectivity index (χ1v) is 6.16. The van der Waals surface area contributed by atoms with Gasteiger partial charge in [0.25, 0.3) is 0 Å². The number of aryl methyl sites for hydroxylation is 1. The van der Waals surface area contributed by atoms with Crippen molar-refractivity contribution >= 4 is 11.6 Å². The molecular formula is C16H15NO. The number of ether oxygens (including phenoxy) is 1. The van der Waals surface area contributed by atoms with Crippen molar-refractivity contribution in [3.8, 4) is 0 Å². The summed E-state index contributed by atoms with van der Waals surface area (Å²) in [5.41, 5.74) is 4.43. The SMILES string of the molecule is Cc1cccc2c1N=C(c1ccccc1)OC2C. The third-order valence-electron chi connectivity index (χ3n) is 3.23. The molecule has 0 amide bonds. The summed E-state index contributed by atoms with van der Waals surface area (Å²) in [6.07, 6.45) is 0.0487. The zero-order chi connectivity index (χ0) is 12.5. The molecule has 0 aliphatic carbocycles. The summed E-state index contributed by atoms with van der Waals surface area (Å²) >= 11 is 0. The highest BCUT2D eigenvalue weighted by Crippen LogP contribution is 2.35. The Morgan fingerprint density at radius 3 is 2.56 bits per heavy atom. The molecule has 2 aromatic carbocycles. The molecule has 0 spiro atoms. The second kappa shape index (κ2) is 4.30. The number of fused-ring (bicyclic) bond motifs is 1. The molecule has 2 nitrogen and oxygen atoms in total. The Morgan fingerprint density at radius 1 is 1.00 bits per heavy atom. The van der Waals surface area contributed by atoms with Crippen molar-refractivity contribution in [3.05, 3.63) is 65.2 Å². The molecule has 0 radical (unpaired) electrons. The van der Waals surface area contributed by atoms with Gasteiger partial charge in [0.2, 0.25) is 5.90 Å². The lowest BCUT2D eigenvalue weighted by Gasteiger charge is -2.24. The molecular weight excluding hydrogens is 222 g/mol. The first-order valence-electron chi connectivity index (χ1n) is 6.16. The fourth-order valence-electron chi connectivity index (χ4n) is 2.23. The number of para-hydroxylation sites is 1. The van der Waals surface area contributed by atoms with Crippen molar-refractivity contribution in [3.63, 3.8) is 0 Å². The lowest BCUT2D eigenvalue weighted by Crippen LogP contribution is -2.15. The van der Waals surface area contributed by atoms with E-state index in [9.17, 15) is 0 Å². The zero-order valence-corrected chi connectivity index (χ0v) is 10.6. The third-order valence-corrected chi connectivity index (χ3v) is 3.23. The van der Waals surface area contributed by atoms with Crippen LogP contribution in [-0.4, -0.2) is 5.90 Å². The average molecular weight is 237 g/mol. The Morgan fingerprint density at radius 2 is 1.78 bits per heavy atom. The summed E-state index contributed by atoms with van der Waals surface area (Å²) in [7, 11) is 0. The summed E-state index contributed by atoms with van der Waals surface area (Å²) in [5.74, 6) is 0.713. The molecule has 1 heterocycles. The first-order chi connectivity index (χ1) is 8.75. The Labute approximate surface area is 107 Å². The van der Waals surface area contributed by atoms with Gasteiger partial charge in [0.15, 0.2) is 0 Å². The summed E-state index contributed by atoms with van der Waals surface area (Å²) in [5, 5.41) is 0. The van der Waals surface area contributed by atoms with Crippen LogP contribution in [-0.2, 0) is 4.74 Å². The molecule has 1 atom stereocenters. The lowest BCUT2D eigenvalue weighted by atomic mass is 10.0. The van der Waals surface area contributed by atoms with Gasteiger partial charge in [0.1, 0.15) is 6.10 Å². The van der Waals surface area contributed by atoms with Gasteiger partial charge in [-0.15, -0.1) is 0 Å². The predicted octanol–water partition coefficient (Wildman–Crippen LogP) is 4.16. The van der Waals surface area contributed by atoms with Gasteiger partial charge in [0, 0.05) is 11.1 Å². The van der Waals surface area contributed by atoms with Crippen LogP contribution in [0, 0.1) is 6.92 Å². The molecule has 0 saturated heterocycles. The molecule has 0 fully saturated rings. The van der Waals surface area contributed by atoms with Crippen LogP contribution in [0.25, 0.3) is 0 Å². The smallest absolute Gasteiger partial charge is 0.221 e. The second-order valence-corrected chi connectivity index (χ2v) is 4.56. The fraction of sp³-hybridized carbons (Fsp3) is 0.188.